The minimum atomic E-state index is -0.660. The SMILES string of the molecule is Cc1cc(Nc2ncn(-c3cc(F)cc(F)c3)n2)cc(N2CC3(COC3)C2)c1.[HH]. The molecule has 0 atom stereocenters. The van der Waals surface area contributed by atoms with Gasteiger partial charge in [-0.3, -0.25) is 0 Å². The van der Waals surface area contributed by atoms with E-state index in [1.165, 1.54) is 23.1 Å². The maximum atomic E-state index is 13.4. The monoisotopic (exact) mass is 385 g/mol. The van der Waals surface area contributed by atoms with Crippen LogP contribution in [0.4, 0.5) is 26.1 Å². The molecule has 0 bridgehead atoms. The second kappa shape index (κ2) is 6.27. The highest BCUT2D eigenvalue weighted by atomic mass is 19.1. The van der Waals surface area contributed by atoms with Crippen molar-refractivity contribution in [2.45, 2.75) is 6.92 Å². The molecule has 2 aromatic carbocycles. The number of aromatic nitrogens is 3. The summed E-state index contributed by atoms with van der Waals surface area (Å²) in [4.78, 5) is 6.53. The predicted molar refractivity (Wildman–Crippen MR) is 103 cm³/mol. The number of halogens is 2. The van der Waals surface area contributed by atoms with Crippen LogP contribution in [0.5, 0.6) is 0 Å². The molecule has 5 rings (SSSR count). The summed E-state index contributed by atoms with van der Waals surface area (Å²) < 4.78 is 33.5. The summed E-state index contributed by atoms with van der Waals surface area (Å²) in [6.07, 6.45) is 1.42. The molecular weight excluding hydrogens is 364 g/mol. The van der Waals surface area contributed by atoms with Crippen LogP contribution in [0.1, 0.15) is 6.99 Å². The van der Waals surface area contributed by atoms with Crippen molar-refractivity contribution in [3.05, 3.63) is 59.9 Å². The van der Waals surface area contributed by atoms with E-state index in [0.717, 1.165) is 49.3 Å². The van der Waals surface area contributed by atoms with Gasteiger partial charge in [0.25, 0.3) is 0 Å². The number of nitrogens with one attached hydrogen (secondary N) is 1. The second-order valence-corrected chi connectivity index (χ2v) is 7.67. The van der Waals surface area contributed by atoms with E-state index in [2.05, 4.69) is 32.4 Å². The predicted octanol–water partition coefficient (Wildman–Crippen LogP) is 3.68. The Morgan fingerprint density at radius 3 is 2.46 bits per heavy atom. The van der Waals surface area contributed by atoms with E-state index >= 15 is 0 Å². The van der Waals surface area contributed by atoms with Crippen molar-refractivity contribution in [3.8, 4) is 5.69 Å². The van der Waals surface area contributed by atoms with E-state index < -0.39 is 11.6 Å². The summed E-state index contributed by atoms with van der Waals surface area (Å²) >= 11 is 0. The molecule has 8 heteroatoms. The van der Waals surface area contributed by atoms with Crippen LogP contribution >= 0.6 is 0 Å². The number of anilines is 3. The molecule has 3 heterocycles. The average molecular weight is 385 g/mol. The van der Waals surface area contributed by atoms with Gasteiger partial charge in [0, 0.05) is 32.0 Å². The van der Waals surface area contributed by atoms with Crippen molar-refractivity contribution < 1.29 is 14.9 Å². The fourth-order valence-electron chi connectivity index (χ4n) is 3.78. The van der Waals surface area contributed by atoms with Crippen LogP contribution < -0.4 is 10.2 Å². The van der Waals surface area contributed by atoms with Crippen molar-refractivity contribution in [2.24, 2.45) is 5.41 Å². The number of aryl methyl sites for hydroxylation is 1. The second-order valence-electron chi connectivity index (χ2n) is 7.67. The lowest BCUT2D eigenvalue weighted by molar-refractivity contribution is -0.127. The zero-order valence-corrected chi connectivity index (χ0v) is 15.3. The molecule has 2 saturated heterocycles. The van der Waals surface area contributed by atoms with Gasteiger partial charge in [-0.1, -0.05) is 0 Å². The van der Waals surface area contributed by atoms with Crippen LogP contribution in [0, 0.1) is 24.0 Å². The van der Waals surface area contributed by atoms with Crippen molar-refractivity contribution in [2.75, 3.05) is 36.5 Å². The Hall–Kier alpha value is -3.00. The highest BCUT2D eigenvalue weighted by Gasteiger charge is 2.49. The van der Waals surface area contributed by atoms with E-state index in [4.69, 9.17) is 4.74 Å². The first-order valence-electron chi connectivity index (χ1n) is 9.08. The summed E-state index contributed by atoms with van der Waals surface area (Å²) in [6, 6.07) is 9.45. The highest BCUT2D eigenvalue weighted by molar-refractivity contribution is 5.65. The van der Waals surface area contributed by atoms with Crippen LogP contribution in [0.3, 0.4) is 0 Å². The number of nitrogens with zero attached hydrogens (tertiary/aromatic N) is 4. The van der Waals surface area contributed by atoms with Crippen molar-refractivity contribution in [1.82, 2.24) is 14.8 Å². The molecule has 0 saturated carbocycles. The molecule has 6 nitrogen and oxygen atoms in total. The minimum Gasteiger partial charge on any atom is -0.380 e. The van der Waals surface area contributed by atoms with Gasteiger partial charge in [0.2, 0.25) is 5.95 Å². The molecule has 146 valence electrons. The lowest BCUT2D eigenvalue weighted by atomic mass is 9.77. The number of hydrogen-bond donors (Lipinski definition) is 1. The van der Waals surface area contributed by atoms with Gasteiger partial charge in [-0.15, -0.1) is 5.10 Å². The van der Waals surface area contributed by atoms with Gasteiger partial charge in [-0.05, 0) is 42.8 Å². The maximum Gasteiger partial charge on any atom is 0.246 e. The first-order chi connectivity index (χ1) is 13.5. The average Bonchev–Trinajstić information content (AvgIpc) is 2.99. The maximum absolute atomic E-state index is 13.4. The molecular formula is C20H21F2N5O. The Kier molecular flexibility index (Phi) is 3.83. The minimum absolute atomic E-state index is 0. The van der Waals surface area contributed by atoms with Crippen LogP contribution in [0.2, 0.25) is 0 Å². The van der Waals surface area contributed by atoms with Crippen LogP contribution in [0.25, 0.3) is 5.69 Å². The third kappa shape index (κ3) is 3.09. The van der Waals surface area contributed by atoms with Gasteiger partial charge in [0.15, 0.2) is 0 Å². The molecule has 2 aliphatic heterocycles. The number of ether oxygens (including phenoxy) is 1. The molecule has 1 aromatic heterocycles. The number of rotatable bonds is 4. The summed E-state index contributed by atoms with van der Waals surface area (Å²) in [6.45, 7) is 5.75. The van der Waals surface area contributed by atoms with Gasteiger partial charge < -0.3 is 15.0 Å². The Balaban J connectivity index is 0.00000205. The fourth-order valence-corrected chi connectivity index (χ4v) is 3.78. The standard InChI is InChI=1S/C20H19F2N5O.H2/c1-13-2-16(7-17(3-13)26-8-20(9-26)10-28-11-20)24-19-23-12-27(25-19)18-5-14(21)4-15(22)6-18;/h2-7,12H,8-11H2,1H3,(H,24,25);1H. The summed E-state index contributed by atoms with van der Waals surface area (Å²) in [5, 5.41) is 7.45. The molecule has 28 heavy (non-hydrogen) atoms. The quantitative estimate of drug-likeness (QED) is 0.743. The molecule has 0 unspecified atom stereocenters. The molecule has 0 aliphatic carbocycles. The third-order valence-corrected chi connectivity index (χ3v) is 5.16. The van der Waals surface area contributed by atoms with E-state index in [1.807, 2.05) is 13.0 Å². The van der Waals surface area contributed by atoms with Crippen molar-refractivity contribution in [3.63, 3.8) is 0 Å². The first-order valence-corrected chi connectivity index (χ1v) is 9.08. The Morgan fingerprint density at radius 2 is 1.79 bits per heavy atom. The van der Waals surface area contributed by atoms with Gasteiger partial charge in [-0.25, -0.2) is 13.5 Å². The van der Waals surface area contributed by atoms with Crippen LogP contribution in [-0.2, 0) is 4.74 Å². The largest absolute Gasteiger partial charge is 0.380 e. The molecule has 0 amide bonds. The smallest absolute Gasteiger partial charge is 0.246 e. The number of hydrogen-bond acceptors (Lipinski definition) is 5. The zero-order chi connectivity index (χ0) is 19.3. The third-order valence-electron chi connectivity index (χ3n) is 5.16. The van der Waals surface area contributed by atoms with E-state index in [0.29, 0.717) is 11.4 Å². The molecule has 2 aliphatic rings. The molecule has 1 spiro atoms. The normalized spacial score (nSPS) is 17.3. The number of benzene rings is 2. The molecule has 2 fully saturated rings. The van der Waals surface area contributed by atoms with Gasteiger partial charge in [0.05, 0.1) is 24.3 Å². The summed E-state index contributed by atoms with van der Waals surface area (Å²) in [7, 11) is 0. The first kappa shape index (κ1) is 17.1. The lowest BCUT2D eigenvalue weighted by Gasteiger charge is -2.56. The van der Waals surface area contributed by atoms with E-state index in [1.54, 1.807) is 0 Å². The molecule has 1 N–H and O–H groups in total. The fraction of sp³-hybridized carbons (Fsp3) is 0.300. The van der Waals surface area contributed by atoms with Gasteiger partial charge in [0.1, 0.15) is 18.0 Å². The highest BCUT2D eigenvalue weighted by Crippen LogP contribution is 2.41. The summed E-state index contributed by atoms with van der Waals surface area (Å²) in [5.41, 5.74) is 3.75. The van der Waals surface area contributed by atoms with Crippen LogP contribution in [0.15, 0.2) is 42.7 Å². The lowest BCUT2D eigenvalue weighted by Crippen LogP contribution is -2.66. The zero-order valence-electron chi connectivity index (χ0n) is 15.3. The Morgan fingerprint density at radius 1 is 1.04 bits per heavy atom. The Labute approximate surface area is 162 Å². The molecule has 3 aromatic rings. The van der Waals surface area contributed by atoms with Crippen molar-refractivity contribution >= 4 is 17.3 Å². The van der Waals surface area contributed by atoms with Gasteiger partial charge >= 0.3 is 0 Å². The van der Waals surface area contributed by atoms with E-state index in [9.17, 15) is 8.78 Å². The topological polar surface area (TPSA) is 55.2 Å². The Bertz CT molecular complexity index is 1020. The van der Waals surface area contributed by atoms with Crippen molar-refractivity contribution in [1.29, 1.82) is 0 Å². The molecule has 0 radical (unpaired) electrons. The van der Waals surface area contributed by atoms with E-state index in [-0.39, 0.29) is 7.11 Å². The van der Waals surface area contributed by atoms with Crippen LogP contribution in [-0.4, -0.2) is 41.1 Å². The van der Waals surface area contributed by atoms with Gasteiger partial charge in [-0.2, -0.15) is 4.98 Å². The summed E-state index contributed by atoms with van der Waals surface area (Å²) in [5.74, 6) is -0.964.